The van der Waals surface area contributed by atoms with Gasteiger partial charge in [0.05, 0.1) is 4.47 Å². The number of ether oxygens (including phenoxy) is 1. The SMILES string of the molecule is CCC(C(=O)NC(C)(C)C)N(Cc1ccc(C)cc1)C(=O)COc1ccc2ccccc2c1Br. The lowest BCUT2D eigenvalue weighted by Gasteiger charge is -2.33. The van der Waals surface area contributed by atoms with E-state index in [0.717, 1.165) is 26.4 Å². The minimum absolute atomic E-state index is 0.164. The molecule has 1 atom stereocenters. The van der Waals surface area contributed by atoms with E-state index in [1.54, 1.807) is 4.90 Å². The lowest BCUT2D eigenvalue weighted by atomic mass is 10.1. The molecule has 0 fully saturated rings. The van der Waals surface area contributed by atoms with Crippen LogP contribution in [-0.2, 0) is 16.1 Å². The minimum Gasteiger partial charge on any atom is -0.483 e. The summed E-state index contributed by atoms with van der Waals surface area (Å²) in [5.74, 6) is 0.188. The number of aryl methyl sites for hydroxylation is 1. The zero-order chi connectivity index (χ0) is 24.9. The maximum absolute atomic E-state index is 13.4. The Kier molecular flexibility index (Phi) is 8.37. The second-order valence-corrected chi connectivity index (χ2v) is 10.4. The van der Waals surface area contributed by atoms with Crippen LogP contribution in [0, 0.1) is 6.92 Å². The first-order valence-corrected chi connectivity index (χ1v) is 12.4. The molecule has 3 aromatic carbocycles. The highest BCUT2D eigenvalue weighted by molar-refractivity contribution is 9.10. The van der Waals surface area contributed by atoms with Gasteiger partial charge in [0.25, 0.3) is 5.91 Å². The van der Waals surface area contributed by atoms with Gasteiger partial charge in [0.1, 0.15) is 11.8 Å². The molecular formula is C28H33BrN2O3. The molecule has 0 heterocycles. The van der Waals surface area contributed by atoms with Crippen LogP contribution in [-0.4, -0.2) is 34.9 Å². The van der Waals surface area contributed by atoms with Gasteiger partial charge in [0, 0.05) is 12.1 Å². The molecule has 0 saturated carbocycles. The fourth-order valence-electron chi connectivity index (χ4n) is 3.81. The molecule has 6 heteroatoms. The van der Waals surface area contributed by atoms with Crippen molar-refractivity contribution in [1.82, 2.24) is 10.2 Å². The summed E-state index contributed by atoms with van der Waals surface area (Å²) < 4.78 is 6.76. The summed E-state index contributed by atoms with van der Waals surface area (Å²) in [6, 6.07) is 19.2. The van der Waals surface area contributed by atoms with Crippen LogP contribution in [0.25, 0.3) is 10.8 Å². The number of nitrogens with one attached hydrogen (secondary N) is 1. The number of benzene rings is 3. The van der Waals surface area contributed by atoms with Gasteiger partial charge < -0.3 is 15.0 Å². The summed E-state index contributed by atoms with van der Waals surface area (Å²) in [5.41, 5.74) is 1.71. The Bertz CT molecular complexity index is 1150. The first kappa shape index (κ1) is 25.8. The van der Waals surface area contributed by atoms with Crippen molar-refractivity contribution in [2.24, 2.45) is 0 Å². The highest BCUT2D eigenvalue weighted by Crippen LogP contribution is 2.33. The molecule has 0 spiro atoms. The molecule has 3 aromatic rings. The molecule has 5 nitrogen and oxygen atoms in total. The molecule has 0 radical (unpaired) electrons. The summed E-state index contributed by atoms with van der Waals surface area (Å²) in [6.45, 7) is 9.91. The van der Waals surface area contributed by atoms with Gasteiger partial charge in [0.2, 0.25) is 5.91 Å². The Morgan fingerprint density at radius 2 is 1.71 bits per heavy atom. The average molecular weight is 525 g/mol. The monoisotopic (exact) mass is 524 g/mol. The summed E-state index contributed by atoms with van der Waals surface area (Å²) in [5, 5.41) is 5.12. The smallest absolute Gasteiger partial charge is 0.261 e. The van der Waals surface area contributed by atoms with E-state index in [1.807, 2.05) is 95.3 Å². The van der Waals surface area contributed by atoms with E-state index >= 15 is 0 Å². The summed E-state index contributed by atoms with van der Waals surface area (Å²) in [7, 11) is 0. The van der Waals surface area contributed by atoms with Crippen LogP contribution in [0.1, 0.15) is 45.2 Å². The molecule has 0 aliphatic heterocycles. The average Bonchev–Trinajstić information content (AvgIpc) is 2.78. The molecular weight excluding hydrogens is 492 g/mol. The third-order valence-electron chi connectivity index (χ3n) is 5.54. The zero-order valence-electron chi connectivity index (χ0n) is 20.5. The van der Waals surface area contributed by atoms with Crippen molar-refractivity contribution in [1.29, 1.82) is 0 Å². The first-order chi connectivity index (χ1) is 16.1. The first-order valence-electron chi connectivity index (χ1n) is 11.6. The molecule has 0 aromatic heterocycles. The molecule has 0 aliphatic rings. The predicted molar refractivity (Wildman–Crippen MR) is 141 cm³/mol. The van der Waals surface area contributed by atoms with Crippen LogP contribution in [0.15, 0.2) is 65.1 Å². The fourth-order valence-corrected chi connectivity index (χ4v) is 4.42. The third kappa shape index (κ3) is 6.60. The van der Waals surface area contributed by atoms with Crippen LogP contribution in [0.3, 0.4) is 0 Å². The van der Waals surface area contributed by atoms with E-state index < -0.39 is 11.6 Å². The Morgan fingerprint density at radius 1 is 1.03 bits per heavy atom. The summed E-state index contributed by atoms with van der Waals surface area (Å²) >= 11 is 3.61. The maximum atomic E-state index is 13.4. The largest absolute Gasteiger partial charge is 0.483 e. The topological polar surface area (TPSA) is 58.6 Å². The normalized spacial score (nSPS) is 12.3. The molecule has 0 aliphatic carbocycles. The Labute approximate surface area is 210 Å². The van der Waals surface area contributed by atoms with Crippen LogP contribution >= 0.6 is 15.9 Å². The van der Waals surface area contributed by atoms with Gasteiger partial charge >= 0.3 is 0 Å². The van der Waals surface area contributed by atoms with E-state index in [0.29, 0.717) is 18.7 Å². The minimum atomic E-state index is -0.600. The van der Waals surface area contributed by atoms with Crippen molar-refractivity contribution in [2.45, 2.75) is 59.2 Å². The van der Waals surface area contributed by atoms with Crippen molar-refractivity contribution in [2.75, 3.05) is 6.61 Å². The number of carbonyl (C=O) groups excluding carboxylic acids is 2. The number of halogens is 1. The standard InChI is InChI=1S/C28H33BrN2O3/c1-6-23(27(33)30-28(3,4)5)31(17-20-13-11-19(2)12-14-20)25(32)18-34-24-16-15-21-9-7-8-10-22(21)26(24)29/h7-16,23H,6,17-18H2,1-5H3,(H,30,33). The van der Waals surface area contributed by atoms with E-state index in [1.165, 1.54) is 0 Å². The van der Waals surface area contributed by atoms with Crippen LogP contribution in [0.5, 0.6) is 5.75 Å². The number of rotatable bonds is 8. The Hall–Kier alpha value is -2.86. The third-order valence-corrected chi connectivity index (χ3v) is 6.35. The van der Waals surface area contributed by atoms with Crippen molar-refractivity contribution >= 4 is 38.5 Å². The van der Waals surface area contributed by atoms with Gasteiger partial charge in [-0.25, -0.2) is 0 Å². The van der Waals surface area contributed by atoms with E-state index in [9.17, 15) is 9.59 Å². The molecule has 34 heavy (non-hydrogen) atoms. The molecule has 1 unspecified atom stereocenters. The van der Waals surface area contributed by atoms with Crippen LogP contribution in [0.4, 0.5) is 0 Å². The number of fused-ring (bicyclic) bond motifs is 1. The van der Waals surface area contributed by atoms with E-state index in [-0.39, 0.29) is 18.4 Å². The Balaban J connectivity index is 1.84. The highest BCUT2D eigenvalue weighted by Gasteiger charge is 2.31. The summed E-state index contributed by atoms with van der Waals surface area (Å²) in [4.78, 5) is 28.2. The van der Waals surface area contributed by atoms with Gasteiger partial charge in [-0.3, -0.25) is 9.59 Å². The number of amides is 2. The summed E-state index contributed by atoms with van der Waals surface area (Å²) in [6.07, 6.45) is 0.499. The van der Waals surface area contributed by atoms with Crippen molar-refractivity contribution in [3.05, 3.63) is 76.3 Å². The van der Waals surface area contributed by atoms with Gasteiger partial charge in [-0.05, 0) is 72.4 Å². The second kappa shape index (κ2) is 11.0. The molecule has 0 bridgehead atoms. The van der Waals surface area contributed by atoms with Crippen LogP contribution in [0.2, 0.25) is 0 Å². The van der Waals surface area contributed by atoms with Gasteiger partial charge in [-0.15, -0.1) is 0 Å². The number of hydrogen-bond donors (Lipinski definition) is 1. The van der Waals surface area contributed by atoms with Crippen molar-refractivity contribution in [3.63, 3.8) is 0 Å². The number of hydrogen-bond acceptors (Lipinski definition) is 3. The fraction of sp³-hybridized carbons (Fsp3) is 0.357. The zero-order valence-corrected chi connectivity index (χ0v) is 22.1. The molecule has 0 saturated heterocycles. The van der Waals surface area contributed by atoms with E-state index in [2.05, 4.69) is 21.2 Å². The maximum Gasteiger partial charge on any atom is 0.261 e. The molecule has 1 N–H and O–H groups in total. The van der Waals surface area contributed by atoms with Crippen LogP contribution < -0.4 is 10.1 Å². The van der Waals surface area contributed by atoms with Gasteiger partial charge in [-0.2, -0.15) is 0 Å². The lowest BCUT2D eigenvalue weighted by molar-refractivity contribution is -0.143. The predicted octanol–water partition coefficient (Wildman–Crippen LogP) is 6.01. The van der Waals surface area contributed by atoms with Gasteiger partial charge in [0.15, 0.2) is 6.61 Å². The molecule has 180 valence electrons. The molecule has 2 amide bonds. The quantitative estimate of drug-likeness (QED) is 0.392. The van der Waals surface area contributed by atoms with Gasteiger partial charge in [-0.1, -0.05) is 67.1 Å². The highest BCUT2D eigenvalue weighted by atomic mass is 79.9. The van der Waals surface area contributed by atoms with Crippen molar-refractivity contribution in [3.8, 4) is 5.75 Å². The number of carbonyl (C=O) groups is 2. The molecule has 3 rings (SSSR count). The lowest BCUT2D eigenvalue weighted by Crippen LogP contribution is -2.54. The number of nitrogens with zero attached hydrogens (tertiary/aromatic N) is 1. The Morgan fingerprint density at radius 3 is 2.35 bits per heavy atom. The van der Waals surface area contributed by atoms with Crippen molar-refractivity contribution < 1.29 is 14.3 Å². The van der Waals surface area contributed by atoms with E-state index in [4.69, 9.17) is 4.74 Å². The second-order valence-electron chi connectivity index (χ2n) is 9.56.